The number of carbonyl (C=O) groups excluding carboxylic acids is 3. The van der Waals surface area contributed by atoms with Crippen molar-refractivity contribution in [3.63, 3.8) is 0 Å². The molecular weight excluding hydrogens is 1100 g/mol. The molecule has 0 N–H and O–H groups in total. The van der Waals surface area contributed by atoms with Crippen LogP contribution in [0.15, 0.2) is 122 Å². The van der Waals surface area contributed by atoms with E-state index in [1.54, 1.807) is 55.6 Å². The van der Waals surface area contributed by atoms with Crippen LogP contribution in [0.5, 0.6) is 0 Å². The van der Waals surface area contributed by atoms with Gasteiger partial charge in [0.1, 0.15) is 23.3 Å². The van der Waals surface area contributed by atoms with Gasteiger partial charge in [-0.05, 0) is 72.6 Å². The van der Waals surface area contributed by atoms with Crippen LogP contribution in [-0.4, -0.2) is 63.3 Å². The van der Waals surface area contributed by atoms with Gasteiger partial charge in [-0.2, -0.15) is 39.5 Å². The van der Waals surface area contributed by atoms with Crippen LogP contribution in [0.4, 0.5) is 51.1 Å². The lowest BCUT2D eigenvalue weighted by Gasteiger charge is -2.28. The summed E-state index contributed by atoms with van der Waals surface area (Å²) in [4.78, 5) is 64.5. The van der Waals surface area contributed by atoms with E-state index in [1.165, 1.54) is 0 Å². The van der Waals surface area contributed by atoms with Crippen molar-refractivity contribution >= 4 is 29.7 Å². The molecule has 12 rings (SSSR count). The predicted molar refractivity (Wildman–Crippen MR) is 296 cm³/mol. The molecule has 84 heavy (non-hydrogen) atoms. The maximum atomic E-state index is 13.4. The molecule has 0 unspecified atom stereocenters. The van der Waals surface area contributed by atoms with Gasteiger partial charge < -0.3 is 9.13 Å². The van der Waals surface area contributed by atoms with Crippen molar-refractivity contribution < 1.29 is 53.9 Å². The van der Waals surface area contributed by atoms with Gasteiger partial charge in [0.2, 0.25) is 18.1 Å². The molecule has 6 heterocycles. The first-order chi connectivity index (χ1) is 39.9. The third-order valence-corrected chi connectivity index (χ3v) is 15.3. The first-order valence-electron chi connectivity index (χ1n) is 27.5. The van der Waals surface area contributed by atoms with Crippen LogP contribution in [0.3, 0.4) is 0 Å². The SMILES string of the molecule is CC(C)c1ccccc1-c1ncc2c(n1)N(Cc1ccc(-c3nc(C(F)(F)F)cn3C3CCC3)cc1)C(=O)C2.CC(C)c1ccccc1-c1ncc2c(n1)N(Cc1ccc(-c3nc(C(F)(F)F)cn3C3CCC3)cc1)C(=O)C2.O=CC(F)(F)F. The van der Waals surface area contributed by atoms with Crippen molar-refractivity contribution in [3.05, 3.63) is 167 Å². The summed E-state index contributed by atoms with van der Waals surface area (Å²) in [5.41, 5.74) is 6.90. The zero-order valence-electron chi connectivity index (χ0n) is 46.1. The molecule has 2 amide bonds. The number of hydrogen-bond acceptors (Lipinski definition) is 9. The number of fused-ring (bicyclic) bond motifs is 2. The lowest BCUT2D eigenvalue weighted by Crippen LogP contribution is -2.26. The number of carbonyl (C=O) groups is 3. The van der Waals surface area contributed by atoms with Crippen LogP contribution in [0.25, 0.3) is 45.6 Å². The van der Waals surface area contributed by atoms with E-state index < -0.39 is 36.2 Å². The maximum Gasteiger partial charge on any atom is 0.446 e. The Hall–Kier alpha value is -8.56. The summed E-state index contributed by atoms with van der Waals surface area (Å²) < 4.78 is 115. The smallest absolute Gasteiger partial charge is 0.327 e. The lowest BCUT2D eigenvalue weighted by atomic mass is 9.92. The van der Waals surface area contributed by atoms with Crippen LogP contribution >= 0.6 is 0 Å². The monoisotopic (exact) mass is 1160 g/mol. The second-order valence-electron chi connectivity index (χ2n) is 21.8. The number of alkyl halides is 9. The number of hydrogen-bond donors (Lipinski definition) is 0. The molecule has 2 saturated carbocycles. The highest BCUT2D eigenvalue weighted by Crippen LogP contribution is 2.42. The Morgan fingerprint density at radius 3 is 1.19 bits per heavy atom. The quantitative estimate of drug-likeness (QED) is 0.0862. The van der Waals surface area contributed by atoms with E-state index in [2.05, 4.69) is 59.8 Å². The molecule has 0 radical (unpaired) electrons. The molecule has 4 aromatic heterocycles. The van der Waals surface area contributed by atoms with E-state index in [0.717, 1.165) is 95.4 Å². The van der Waals surface area contributed by atoms with Gasteiger partial charge in [-0.25, -0.2) is 29.9 Å². The third kappa shape index (κ3) is 12.7. The van der Waals surface area contributed by atoms with Crippen LogP contribution in [0, 0.1) is 0 Å². The number of nitrogens with zero attached hydrogens (tertiary/aromatic N) is 10. The minimum Gasteiger partial charge on any atom is -0.327 e. The summed E-state index contributed by atoms with van der Waals surface area (Å²) in [6, 6.07) is 30.5. The lowest BCUT2D eigenvalue weighted by molar-refractivity contribution is -0.156. The number of benzene rings is 4. The van der Waals surface area contributed by atoms with Gasteiger partial charge in [-0.3, -0.25) is 24.2 Å². The second kappa shape index (κ2) is 23.6. The number of aromatic nitrogens is 8. The van der Waals surface area contributed by atoms with E-state index in [4.69, 9.17) is 14.8 Å². The first-order valence-corrected chi connectivity index (χ1v) is 27.5. The fourth-order valence-corrected chi connectivity index (χ4v) is 10.5. The van der Waals surface area contributed by atoms with Crippen LogP contribution in [0.1, 0.15) is 135 Å². The molecule has 2 fully saturated rings. The van der Waals surface area contributed by atoms with Crippen molar-refractivity contribution in [1.82, 2.24) is 39.0 Å². The first kappa shape index (κ1) is 58.6. The fraction of sp³-hybridized carbons (Fsp3) is 0.339. The Bertz CT molecular complexity index is 3480. The van der Waals surface area contributed by atoms with E-state index in [0.29, 0.717) is 71.0 Å². The van der Waals surface area contributed by atoms with Gasteiger partial charge >= 0.3 is 18.5 Å². The molecule has 0 atom stereocenters. The van der Waals surface area contributed by atoms with E-state index in [1.807, 2.05) is 60.7 Å². The Morgan fingerprint density at radius 2 is 0.881 bits per heavy atom. The van der Waals surface area contributed by atoms with Crippen molar-refractivity contribution in [2.75, 3.05) is 9.80 Å². The highest BCUT2D eigenvalue weighted by atomic mass is 19.4. The number of amides is 2. The summed E-state index contributed by atoms with van der Waals surface area (Å²) in [6.45, 7) is 9.09. The summed E-state index contributed by atoms with van der Waals surface area (Å²) >= 11 is 0. The van der Waals surface area contributed by atoms with Gasteiger partial charge in [0.05, 0.1) is 25.9 Å². The van der Waals surface area contributed by atoms with E-state index >= 15 is 0 Å². The Kier molecular flexibility index (Phi) is 16.5. The Labute approximate surface area is 477 Å². The van der Waals surface area contributed by atoms with Crippen LogP contribution in [0.2, 0.25) is 0 Å². The molecule has 2 aliphatic heterocycles. The zero-order valence-corrected chi connectivity index (χ0v) is 46.1. The summed E-state index contributed by atoms with van der Waals surface area (Å²) in [7, 11) is 0. The summed E-state index contributed by atoms with van der Waals surface area (Å²) in [5, 5.41) is 0. The highest BCUT2D eigenvalue weighted by Gasteiger charge is 2.39. The average Bonchev–Trinajstić information content (AvgIpc) is 2.58. The molecule has 8 aromatic rings. The van der Waals surface area contributed by atoms with Crippen molar-refractivity contribution in [2.24, 2.45) is 0 Å². The largest absolute Gasteiger partial charge is 0.446 e. The number of aldehydes is 1. The number of rotatable bonds is 12. The zero-order chi connectivity index (χ0) is 59.8. The molecule has 22 heteroatoms. The molecular formula is C62H57F9N10O3. The van der Waals surface area contributed by atoms with Gasteiger partial charge in [0.15, 0.2) is 23.0 Å². The molecule has 0 saturated heterocycles. The van der Waals surface area contributed by atoms with Crippen LogP contribution in [-0.2, 0) is 52.7 Å². The van der Waals surface area contributed by atoms with Crippen LogP contribution < -0.4 is 9.80 Å². The third-order valence-electron chi connectivity index (χ3n) is 15.3. The summed E-state index contributed by atoms with van der Waals surface area (Å²) in [5.74, 6) is 3.47. The molecule has 0 spiro atoms. The number of halogens is 9. The molecule has 436 valence electrons. The molecule has 4 aromatic carbocycles. The molecule has 13 nitrogen and oxygen atoms in total. The number of imidazole rings is 2. The van der Waals surface area contributed by atoms with Gasteiger partial charge in [-0.1, -0.05) is 125 Å². The standard InChI is InChI=1S/2C30H28F3N5O.C2HF3O/c2*1-18(2)23-8-3-4-9-24(23)27-34-15-21-14-26(39)38(29(21)36-27)16-19-10-12-20(13-11-19)28-35-25(30(31,32)33)17-37(28)22-6-5-7-22;3-2(4,5)1-6/h2*3-4,8-13,15,17-18,22H,5-7,14,16H2,1-2H3;1H. The van der Waals surface area contributed by atoms with E-state index in [9.17, 15) is 49.1 Å². The number of anilines is 2. The Balaban J connectivity index is 0.000000171. The van der Waals surface area contributed by atoms with Crippen molar-refractivity contribution in [2.45, 2.75) is 135 Å². The summed E-state index contributed by atoms with van der Waals surface area (Å²) in [6.07, 6.45) is -3.11. The average molecular weight is 1160 g/mol. The molecule has 2 aliphatic carbocycles. The minimum absolute atomic E-state index is 0.0386. The van der Waals surface area contributed by atoms with Crippen molar-refractivity contribution in [1.29, 1.82) is 0 Å². The second-order valence-corrected chi connectivity index (χ2v) is 21.8. The topological polar surface area (TPSA) is 145 Å². The molecule has 0 bridgehead atoms. The normalized spacial score (nSPS) is 15.3. The Morgan fingerprint density at radius 1 is 0.524 bits per heavy atom. The minimum atomic E-state index is -4.64. The maximum absolute atomic E-state index is 13.4. The van der Waals surface area contributed by atoms with Gasteiger partial charge in [0.25, 0.3) is 0 Å². The van der Waals surface area contributed by atoms with Gasteiger partial charge in [-0.15, -0.1) is 0 Å². The highest BCUT2D eigenvalue weighted by molar-refractivity contribution is 6.01. The van der Waals surface area contributed by atoms with Crippen molar-refractivity contribution in [3.8, 4) is 45.6 Å². The fourth-order valence-electron chi connectivity index (χ4n) is 10.5. The predicted octanol–water partition coefficient (Wildman–Crippen LogP) is 14.7. The van der Waals surface area contributed by atoms with E-state index in [-0.39, 0.29) is 36.7 Å². The molecule has 4 aliphatic rings. The van der Waals surface area contributed by atoms with Gasteiger partial charge in [0, 0.05) is 70.3 Å².